The van der Waals surface area contributed by atoms with E-state index in [1.54, 1.807) is 41.0 Å². The molecule has 3 aromatic rings. The largest absolute Gasteiger partial charge is 0.465 e. The van der Waals surface area contributed by atoms with Gasteiger partial charge in [0.05, 0.1) is 12.1 Å². The molecule has 0 aliphatic heterocycles. The third-order valence-corrected chi connectivity index (χ3v) is 6.67. The van der Waals surface area contributed by atoms with Crippen LogP contribution in [0.25, 0.3) is 11.2 Å². The molecule has 196 valence electrons. The van der Waals surface area contributed by atoms with E-state index in [1.807, 2.05) is 0 Å². The number of rotatable bonds is 10. The lowest BCUT2D eigenvalue weighted by Crippen LogP contribution is -2.28. The molecule has 4 rings (SSSR count). The first-order chi connectivity index (χ1) is 17.4. The molecule has 0 saturated heterocycles. The second-order valence-electron chi connectivity index (χ2n) is 8.41. The Balaban J connectivity index is 0.000000275. The minimum absolute atomic E-state index is 0.303. The molecule has 1 amide bonds. The highest BCUT2D eigenvalue weighted by Gasteiger charge is 2.37. The minimum Gasteiger partial charge on any atom is -0.465 e. The molecular formula is C23H34N8O4S. The van der Waals surface area contributed by atoms with Gasteiger partial charge in [0.2, 0.25) is 0 Å². The number of carbonyl (C=O) groups is 1. The molecule has 0 spiro atoms. The van der Waals surface area contributed by atoms with E-state index in [1.165, 1.54) is 0 Å². The molecule has 1 fully saturated rings. The van der Waals surface area contributed by atoms with Crippen LogP contribution in [0.2, 0.25) is 0 Å². The minimum atomic E-state index is -1.01. The van der Waals surface area contributed by atoms with Crippen LogP contribution in [-0.2, 0) is 6.54 Å². The molecule has 0 bridgehead atoms. The fourth-order valence-electron chi connectivity index (χ4n) is 3.68. The molecule has 5 N–H and O–H groups in total. The second kappa shape index (κ2) is 13.9. The number of pyridine rings is 1. The average Bonchev–Trinajstić information content (AvgIpc) is 3.45. The number of aliphatic hydroxyl groups excluding tert-OH is 2. The maximum absolute atomic E-state index is 10.2. The number of thioether (sulfide) groups is 1. The van der Waals surface area contributed by atoms with Crippen molar-refractivity contribution in [1.29, 1.82) is 0 Å². The first-order valence-corrected chi connectivity index (χ1v) is 13.1. The monoisotopic (exact) mass is 518 g/mol. The van der Waals surface area contributed by atoms with Crippen molar-refractivity contribution in [3.63, 3.8) is 0 Å². The van der Waals surface area contributed by atoms with Crippen LogP contribution in [0, 0.1) is 0 Å². The fraction of sp³-hybridized carbons (Fsp3) is 0.565. The van der Waals surface area contributed by atoms with Crippen LogP contribution < -0.4 is 10.6 Å². The van der Waals surface area contributed by atoms with Crippen LogP contribution >= 0.6 is 11.8 Å². The number of nitrogens with one attached hydrogen (secondary N) is 2. The van der Waals surface area contributed by atoms with Gasteiger partial charge in [-0.25, -0.2) is 19.4 Å². The van der Waals surface area contributed by atoms with Crippen LogP contribution in [0.4, 0.5) is 10.6 Å². The molecule has 36 heavy (non-hydrogen) atoms. The molecule has 12 nitrogen and oxygen atoms in total. The topological polar surface area (TPSA) is 171 Å². The summed E-state index contributed by atoms with van der Waals surface area (Å²) in [5, 5.41) is 43.1. The van der Waals surface area contributed by atoms with Gasteiger partial charge in [0.15, 0.2) is 22.1 Å². The molecule has 1 aliphatic carbocycles. The zero-order chi connectivity index (χ0) is 25.9. The van der Waals surface area contributed by atoms with Gasteiger partial charge < -0.3 is 26.0 Å². The number of amides is 1. The number of hydrogen-bond acceptors (Lipinski definition) is 10. The lowest BCUT2D eigenvalue weighted by molar-refractivity contribution is 0.0215. The number of aromatic nitrogens is 6. The third kappa shape index (κ3) is 7.48. The van der Waals surface area contributed by atoms with Gasteiger partial charge in [0, 0.05) is 31.2 Å². The standard InChI is InChI=1S/C16H26N6O2S.C7H8N2O2/c1-3-5-8-17-14-12-15(19-16(18-14)25-9-4-2)22(21-20-12)10-6-7-11(23)13(10)24;10-7(11)9-5-6-1-3-8-4-2-6/h10-11,13,23-24H,3-9H2,1-2H3,(H,17,18,19);1-4,9H,5H2,(H,10,11)/t10-,11-,13+;/m1./s1. The van der Waals surface area contributed by atoms with Gasteiger partial charge >= 0.3 is 6.09 Å². The van der Waals surface area contributed by atoms with E-state index in [0.29, 0.717) is 41.5 Å². The average molecular weight is 519 g/mol. The van der Waals surface area contributed by atoms with Gasteiger partial charge in [0.1, 0.15) is 6.10 Å². The zero-order valence-electron chi connectivity index (χ0n) is 20.5. The van der Waals surface area contributed by atoms with Gasteiger partial charge in [-0.3, -0.25) is 4.98 Å². The number of nitrogens with zero attached hydrogens (tertiary/aromatic N) is 6. The third-order valence-electron chi connectivity index (χ3n) is 5.62. The van der Waals surface area contributed by atoms with E-state index in [2.05, 4.69) is 49.7 Å². The second-order valence-corrected chi connectivity index (χ2v) is 9.47. The Morgan fingerprint density at radius 3 is 2.58 bits per heavy atom. The van der Waals surface area contributed by atoms with Crippen LogP contribution in [0.15, 0.2) is 29.7 Å². The molecule has 0 unspecified atom stereocenters. The molecule has 1 saturated carbocycles. The van der Waals surface area contributed by atoms with Gasteiger partial charge in [-0.15, -0.1) is 5.10 Å². The molecule has 1 aliphatic rings. The predicted octanol–water partition coefficient (Wildman–Crippen LogP) is 2.84. The Labute approximate surface area is 214 Å². The predicted molar refractivity (Wildman–Crippen MR) is 137 cm³/mol. The number of unbranched alkanes of at least 4 members (excludes halogenated alkanes) is 1. The normalized spacial score (nSPS) is 19.1. The Kier molecular flexibility index (Phi) is 10.6. The fourth-order valence-corrected chi connectivity index (χ4v) is 4.38. The van der Waals surface area contributed by atoms with E-state index >= 15 is 0 Å². The summed E-state index contributed by atoms with van der Waals surface area (Å²) < 4.78 is 1.65. The number of aliphatic hydroxyl groups is 2. The summed E-state index contributed by atoms with van der Waals surface area (Å²) >= 11 is 1.60. The molecule has 3 aromatic heterocycles. The summed E-state index contributed by atoms with van der Waals surface area (Å²) in [4.78, 5) is 23.1. The summed E-state index contributed by atoms with van der Waals surface area (Å²) in [5.74, 6) is 1.63. The van der Waals surface area contributed by atoms with Gasteiger partial charge in [-0.1, -0.05) is 37.2 Å². The Hall–Kier alpha value is -3.03. The van der Waals surface area contributed by atoms with Crippen molar-refractivity contribution >= 4 is 34.8 Å². The van der Waals surface area contributed by atoms with Crippen LogP contribution in [0.5, 0.6) is 0 Å². The Morgan fingerprint density at radius 2 is 1.94 bits per heavy atom. The number of fused-ring (bicyclic) bond motifs is 1. The van der Waals surface area contributed by atoms with E-state index in [4.69, 9.17) is 5.11 Å². The molecular weight excluding hydrogens is 484 g/mol. The maximum atomic E-state index is 10.2. The van der Waals surface area contributed by atoms with Gasteiger partial charge in [-0.2, -0.15) is 0 Å². The van der Waals surface area contributed by atoms with E-state index in [9.17, 15) is 15.0 Å². The van der Waals surface area contributed by atoms with E-state index in [-0.39, 0.29) is 6.04 Å². The Morgan fingerprint density at radius 1 is 1.17 bits per heavy atom. The van der Waals surface area contributed by atoms with Crippen LogP contribution in [0.1, 0.15) is 57.6 Å². The highest BCUT2D eigenvalue weighted by atomic mass is 32.2. The number of carboxylic acid groups (broad SMARTS) is 1. The molecule has 3 heterocycles. The maximum Gasteiger partial charge on any atom is 0.404 e. The van der Waals surface area contributed by atoms with Crippen molar-refractivity contribution in [2.24, 2.45) is 0 Å². The summed E-state index contributed by atoms with van der Waals surface area (Å²) in [5.41, 5.74) is 2.14. The van der Waals surface area contributed by atoms with Crippen LogP contribution in [0.3, 0.4) is 0 Å². The quantitative estimate of drug-likeness (QED) is 0.152. The van der Waals surface area contributed by atoms with Gasteiger partial charge in [-0.05, 0) is 43.4 Å². The van der Waals surface area contributed by atoms with E-state index < -0.39 is 18.3 Å². The number of anilines is 1. The summed E-state index contributed by atoms with van der Waals surface area (Å²) in [6.07, 6.45) is 5.06. The first kappa shape index (κ1) is 27.6. The zero-order valence-corrected chi connectivity index (χ0v) is 21.4. The molecule has 0 radical (unpaired) electrons. The number of hydrogen-bond donors (Lipinski definition) is 5. The van der Waals surface area contributed by atoms with Crippen molar-refractivity contribution in [1.82, 2.24) is 35.3 Å². The van der Waals surface area contributed by atoms with Crippen molar-refractivity contribution in [2.45, 2.75) is 75.9 Å². The van der Waals surface area contributed by atoms with Crippen LogP contribution in [-0.4, -0.2) is 75.9 Å². The molecule has 13 heteroatoms. The smallest absolute Gasteiger partial charge is 0.404 e. The van der Waals surface area contributed by atoms with Crippen molar-refractivity contribution in [3.8, 4) is 0 Å². The lowest BCUT2D eigenvalue weighted by Gasteiger charge is -2.16. The van der Waals surface area contributed by atoms with E-state index in [0.717, 1.165) is 37.1 Å². The van der Waals surface area contributed by atoms with Crippen molar-refractivity contribution in [2.75, 3.05) is 17.6 Å². The Bertz CT molecular complexity index is 1100. The summed E-state index contributed by atoms with van der Waals surface area (Å²) in [7, 11) is 0. The molecule has 0 aromatic carbocycles. The first-order valence-electron chi connectivity index (χ1n) is 12.2. The highest BCUT2D eigenvalue weighted by Crippen LogP contribution is 2.33. The summed E-state index contributed by atoms with van der Waals surface area (Å²) in [6.45, 7) is 5.41. The summed E-state index contributed by atoms with van der Waals surface area (Å²) in [6, 6.07) is 3.22. The molecule has 3 atom stereocenters. The highest BCUT2D eigenvalue weighted by molar-refractivity contribution is 7.99. The van der Waals surface area contributed by atoms with Crippen molar-refractivity contribution < 1.29 is 20.1 Å². The lowest BCUT2D eigenvalue weighted by atomic mass is 10.2. The van der Waals surface area contributed by atoms with Crippen molar-refractivity contribution in [3.05, 3.63) is 30.1 Å². The SMILES string of the molecule is CCCCNc1nc(SCCC)nc2c1nnn2[C@@H]1CC[C@@H](O)[C@H]1O.O=C(O)NCc1ccncc1. The van der Waals surface area contributed by atoms with Gasteiger partial charge in [0.25, 0.3) is 0 Å².